The number of pyridine rings is 1. The van der Waals surface area contributed by atoms with Gasteiger partial charge in [0.1, 0.15) is 5.82 Å². The average Bonchev–Trinajstić information content (AvgIpc) is 2.28. The number of nitrogens with zero attached hydrogens (tertiary/aromatic N) is 1. The molecular formula is C13H22N2O. The molecule has 0 aromatic carbocycles. The van der Waals surface area contributed by atoms with E-state index >= 15 is 0 Å². The summed E-state index contributed by atoms with van der Waals surface area (Å²) in [5.74, 6) is 0.923. The van der Waals surface area contributed by atoms with Crippen LogP contribution in [-0.2, 0) is 11.3 Å². The summed E-state index contributed by atoms with van der Waals surface area (Å²) in [6.07, 6.45) is 4.44. The number of ether oxygens (including phenoxy) is 1. The number of rotatable bonds is 7. The van der Waals surface area contributed by atoms with Crippen molar-refractivity contribution in [1.29, 1.82) is 0 Å². The standard InChI is InChI=1S/C13H22N2O/c1-4-6-11(3)16-10-12-7-8-15-13(9-12)14-5-2/h7-9,11H,4-6,10H2,1-3H3,(H,14,15). The largest absolute Gasteiger partial charge is 0.374 e. The first-order chi connectivity index (χ1) is 7.76. The Hall–Kier alpha value is -1.09. The molecule has 0 aliphatic heterocycles. The molecule has 1 unspecified atom stereocenters. The first kappa shape index (κ1) is 13.0. The maximum Gasteiger partial charge on any atom is 0.126 e. The summed E-state index contributed by atoms with van der Waals surface area (Å²) in [7, 11) is 0. The van der Waals surface area contributed by atoms with Crippen LogP contribution < -0.4 is 5.32 Å². The minimum atomic E-state index is 0.334. The second-order valence-corrected chi connectivity index (χ2v) is 3.99. The van der Waals surface area contributed by atoms with Gasteiger partial charge in [-0.25, -0.2) is 4.98 Å². The molecule has 0 aliphatic rings. The molecule has 1 aromatic heterocycles. The van der Waals surface area contributed by atoms with Crippen LogP contribution in [0.5, 0.6) is 0 Å². The Morgan fingerprint density at radius 1 is 1.44 bits per heavy atom. The molecule has 1 N–H and O–H groups in total. The summed E-state index contributed by atoms with van der Waals surface area (Å²) in [5.41, 5.74) is 1.17. The second kappa shape index (κ2) is 7.23. The van der Waals surface area contributed by atoms with E-state index in [4.69, 9.17) is 4.74 Å². The third kappa shape index (κ3) is 4.62. The van der Waals surface area contributed by atoms with Crippen LogP contribution in [0.1, 0.15) is 39.2 Å². The summed E-state index contributed by atoms with van der Waals surface area (Å²) < 4.78 is 5.75. The van der Waals surface area contributed by atoms with Gasteiger partial charge in [-0.05, 0) is 38.0 Å². The van der Waals surface area contributed by atoms with E-state index in [1.54, 1.807) is 0 Å². The van der Waals surface area contributed by atoms with E-state index in [-0.39, 0.29) is 0 Å². The molecule has 0 bridgehead atoms. The molecule has 16 heavy (non-hydrogen) atoms. The molecular weight excluding hydrogens is 200 g/mol. The summed E-state index contributed by atoms with van der Waals surface area (Å²) >= 11 is 0. The van der Waals surface area contributed by atoms with Gasteiger partial charge in [0, 0.05) is 12.7 Å². The van der Waals surface area contributed by atoms with Crippen LogP contribution in [0.3, 0.4) is 0 Å². The predicted octanol–water partition coefficient (Wildman–Crippen LogP) is 3.22. The molecule has 0 fully saturated rings. The van der Waals surface area contributed by atoms with Gasteiger partial charge >= 0.3 is 0 Å². The van der Waals surface area contributed by atoms with Crippen molar-refractivity contribution < 1.29 is 4.74 Å². The summed E-state index contributed by atoms with van der Waals surface area (Å²) in [6, 6.07) is 4.04. The van der Waals surface area contributed by atoms with Crippen molar-refractivity contribution in [2.24, 2.45) is 0 Å². The molecule has 1 heterocycles. The molecule has 1 rings (SSSR count). The Kier molecular flexibility index (Phi) is 5.86. The molecule has 0 radical (unpaired) electrons. The van der Waals surface area contributed by atoms with E-state index in [2.05, 4.69) is 31.1 Å². The van der Waals surface area contributed by atoms with Crippen molar-refractivity contribution in [3.63, 3.8) is 0 Å². The van der Waals surface area contributed by atoms with E-state index in [0.29, 0.717) is 12.7 Å². The van der Waals surface area contributed by atoms with E-state index < -0.39 is 0 Å². The van der Waals surface area contributed by atoms with Gasteiger partial charge in [0.05, 0.1) is 12.7 Å². The summed E-state index contributed by atoms with van der Waals surface area (Å²) in [6.45, 7) is 7.92. The van der Waals surface area contributed by atoms with Gasteiger partial charge in [-0.3, -0.25) is 0 Å². The van der Waals surface area contributed by atoms with E-state index in [9.17, 15) is 0 Å². The van der Waals surface area contributed by atoms with Gasteiger partial charge < -0.3 is 10.1 Å². The lowest BCUT2D eigenvalue weighted by Crippen LogP contribution is -2.08. The van der Waals surface area contributed by atoms with Gasteiger partial charge in [0.2, 0.25) is 0 Å². The van der Waals surface area contributed by atoms with Gasteiger partial charge in [0.15, 0.2) is 0 Å². The number of hydrogen-bond acceptors (Lipinski definition) is 3. The molecule has 0 spiro atoms. The monoisotopic (exact) mass is 222 g/mol. The van der Waals surface area contributed by atoms with Gasteiger partial charge in [0.25, 0.3) is 0 Å². The van der Waals surface area contributed by atoms with Crippen LogP contribution in [0, 0.1) is 0 Å². The van der Waals surface area contributed by atoms with Crippen molar-refractivity contribution in [2.45, 2.75) is 46.3 Å². The molecule has 0 aliphatic carbocycles. The zero-order valence-electron chi connectivity index (χ0n) is 10.5. The van der Waals surface area contributed by atoms with E-state index in [1.807, 2.05) is 18.3 Å². The van der Waals surface area contributed by atoms with Crippen LogP contribution in [-0.4, -0.2) is 17.6 Å². The highest BCUT2D eigenvalue weighted by molar-refractivity contribution is 5.36. The lowest BCUT2D eigenvalue weighted by Gasteiger charge is -2.12. The first-order valence-corrected chi connectivity index (χ1v) is 6.06. The van der Waals surface area contributed by atoms with Crippen molar-refractivity contribution in [1.82, 2.24) is 4.98 Å². The third-order valence-corrected chi connectivity index (χ3v) is 2.41. The number of nitrogens with one attached hydrogen (secondary N) is 1. The highest BCUT2D eigenvalue weighted by Crippen LogP contribution is 2.10. The highest BCUT2D eigenvalue weighted by atomic mass is 16.5. The fourth-order valence-electron chi connectivity index (χ4n) is 1.57. The fourth-order valence-corrected chi connectivity index (χ4v) is 1.57. The number of hydrogen-bond donors (Lipinski definition) is 1. The zero-order valence-corrected chi connectivity index (χ0v) is 10.5. The van der Waals surface area contributed by atoms with Gasteiger partial charge in [-0.1, -0.05) is 13.3 Å². The van der Waals surface area contributed by atoms with Crippen molar-refractivity contribution in [3.05, 3.63) is 23.9 Å². The lowest BCUT2D eigenvalue weighted by molar-refractivity contribution is 0.0472. The Labute approximate surface area is 98.2 Å². The minimum absolute atomic E-state index is 0.334. The van der Waals surface area contributed by atoms with Crippen molar-refractivity contribution in [3.8, 4) is 0 Å². The predicted molar refractivity (Wildman–Crippen MR) is 67.6 cm³/mol. The Morgan fingerprint density at radius 3 is 2.94 bits per heavy atom. The minimum Gasteiger partial charge on any atom is -0.374 e. The molecule has 90 valence electrons. The SMILES string of the molecule is CCCC(C)OCc1ccnc(NCC)c1. The second-order valence-electron chi connectivity index (χ2n) is 3.99. The van der Waals surface area contributed by atoms with Crippen molar-refractivity contribution in [2.75, 3.05) is 11.9 Å². The quantitative estimate of drug-likeness (QED) is 0.769. The molecule has 1 atom stereocenters. The summed E-state index contributed by atoms with van der Waals surface area (Å²) in [5, 5.41) is 3.19. The van der Waals surface area contributed by atoms with E-state index in [0.717, 1.165) is 18.8 Å². The van der Waals surface area contributed by atoms with Crippen LogP contribution in [0.4, 0.5) is 5.82 Å². The first-order valence-electron chi connectivity index (χ1n) is 6.06. The maximum absolute atomic E-state index is 5.75. The van der Waals surface area contributed by atoms with E-state index in [1.165, 1.54) is 12.0 Å². The number of aromatic nitrogens is 1. The van der Waals surface area contributed by atoms with Gasteiger partial charge in [-0.15, -0.1) is 0 Å². The van der Waals surface area contributed by atoms with Gasteiger partial charge in [-0.2, -0.15) is 0 Å². The molecule has 0 saturated carbocycles. The van der Waals surface area contributed by atoms with Crippen LogP contribution >= 0.6 is 0 Å². The Bertz CT molecular complexity index is 302. The van der Waals surface area contributed by atoms with Crippen LogP contribution in [0.25, 0.3) is 0 Å². The molecule has 3 heteroatoms. The average molecular weight is 222 g/mol. The molecule has 0 amide bonds. The fraction of sp³-hybridized carbons (Fsp3) is 0.615. The molecule has 0 saturated heterocycles. The maximum atomic E-state index is 5.75. The van der Waals surface area contributed by atoms with Crippen LogP contribution in [0.2, 0.25) is 0 Å². The highest BCUT2D eigenvalue weighted by Gasteiger charge is 2.02. The molecule has 3 nitrogen and oxygen atoms in total. The Morgan fingerprint density at radius 2 is 2.25 bits per heavy atom. The van der Waals surface area contributed by atoms with Crippen LogP contribution in [0.15, 0.2) is 18.3 Å². The third-order valence-electron chi connectivity index (χ3n) is 2.41. The Balaban J connectivity index is 2.44. The topological polar surface area (TPSA) is 34.1 Å². The number of anilines is 1. The summed E-state index contributed by atoms with van der Waals surface area (Å²) in [4.78, 5) is 4.23. The lowest BCUT2D eigenvalue weighted by atomic mass is 10.2. The normalized spacial score (nSPS) is 12.4. The zero-order chi connectivity index (χ0) is 11.8. The smallest absolute Gasteiger partial charge is 0.126 e. The van der Waals surface area contributed by atoms with Crippen molar-refractivity contribution >= 4 is 5.82 Å². The molecule has 1 aromatic rings.